The van der Waals surface area contributed by atoms with E-state index in [4.69, 9.17) is 0 Å². The number of benzene rings is 1. The molecular weight excluding hydrogens is 216 g/mol. The normalized spacial score (nSPS) is 21.1. The van der Waals surface area contributed by atoms with Gasteiger partial charge in [0.2, 0.25) is 0 Å². The molecule has 0 radical (unpaired) electrons. The Bertz CT molecular complexity index is 411. The molecule has 1 aromatic rings. The molecule has 1 aliphatic carbocycles. The van der Waals surface area contributed by atoms with Crippen LogP contribution in [0.4, 0.5) is 0 Å². The van der Waals surface area contributed by atoms with Crippen molar-refractivity contribution in [2.75, 3.05) is 0 Å². The summed E-state index contributed by atoms with van der Waals surface area (Å²) in [6, 6.07) is 10.8. The standard InChI is InChI=1S/C18H24/c1-3-16(18-11-5-4-6-12-18)13-14-17-10-8-7-9-15(17)2/h4-6,11-13,17H,2-3,7-10,14H2,1H3/b16-13+. The zero-order chi connectivity index (χ0) is 12.8. The molecular formula is C18H24. The summed E-state index contributed by atoms with van der Waals surface area (Å²) in [5.41, 5.74) is 4.33. The van der Waals surface area contributed by atoms with E-state index in [-0.39, 0.29) is 0 Å². The average Bonchev–Trinajstić information content (AvgIpc) is 2.42. The van der Waals surface area contributed by atoms with Gasteiger partial charge in [-0.1, -0.05) is 61.9 Å². The highest BCUT2D eigenvalue weighted by atomic mass is 14.2. The smallest absolute Gasteiger partial charge is 0.0171 e. The van der Waals surface area contributed by atoms with Gasteiger partial charge in [-0.3, -0.25) is 0 Å². The molecule has 1 aliphatic rings. The highest BCUT2D eigenvalue weighted by Crippen LogP contribution is 2.32. The lowest BCUT2D eigenvalue weighted by atomic mass is 9.82. The van der Waals surface area contributed by atoms with Gasteiger partial charge >= 0.3 is 0 Å². The van der Waals surface area contributed by atoms with Crippen LogP contribution in [0.25, 0.3) is 5.57 Å². The highest BCUT2D eigenvalue weighted by Gasteiger charge is 2.15. The Labute approximate surface area is 111 Å². The van der Waals surface area contributed by atoms with Crippen molar-refractivity contribution in [2.24, 2.45) is 5.92 Å². The van der Waals surface area contributed by atoms with Gasteiger partial charge in [-0.05, 0) is 49.2 Å². The summed E-state index contributed by atoms with van der Waals surface area (Å²) in [6.45, 7) is 6.49. The van der Waals surface area contributed by atoms with Crippen molar-refractivity contribution < 1.29 is 0 Å². The SMILES string of the molecule is C=C1CCCCC1C/C=C(\CC)c1ccccc1. The molecule has 1 saturated carbocycles. The van der Waals surface area contributed by atoms with E-state index in [1.807, 2.05) is 0 Å². The maximum atomic E-state index is 4.24. The van der Waals surface area contributed by atoms with Crippen molar-refractivity contribution in [3.8, 4) is 0 Å². The maximum Gasteiger partial charge on any atom is -0.0171 e. The number of allylic oxidation sites excluding steroid dienone is 3. The summed E-state index contributed by atoms with van der Waals surface area (Å²) in [5.74, 6) is 0.726. The van der Waals surface area contributed by atoms with Crippen LogP contribution in [0.5, 0.6) is 0 Å². The Morgan fingerprint density at radius 1 is 1.28 bits per heavy atom. The van der Waals surface area contributed by atoms with Gasteiger partial charge in [-0.2, -0.15) is 0 Å². The van der Waals surface area contributed by atoms with Gasteiger partial charge in [0, 0.05) is 0 Å². The molecule has 0 spiro atoms. The minimum absolute atomic E-state index is 0.726. The minimum Gasteiger partial charge on any atom is -0.0996 e. The molecule has 2 rings (SSSR count). The first-order valence-corrected chi connectivity index (χ1v) is 7.23. The van der Waals surface area contributed by atoms with Crippen molar-refractivity contribution in [1.82, 2.24) is 0 Å². The summed E-state index contributed by atoms with van der Waals surface area (Å²) in [5, 5.41) is 0. The Balaban J connectivity index is 2.04. The van der Waals surface area contributed by atoms with Gasteiger partial charge in [-0.15, -0.1) is 0 Å². The first-order valence-electron chi connectivity index (χ1n) is 7.23. The number of rotatable bonds is 4. The van der Waals surface area contributed by atoms with Crippen LogP contribution in [0, 0.1) is 5.92 Å². The fraction of sp³-hybridized carbons (Fsp3) is 0.444. The summed E-state index contributed by atoms with van der Waals surface area (Å²) >= 11 is 0. The molecule has 1 unspecified atom stereocenters. The van der Waals surface area contributed by atoms with E-state index < -0.39 is 0 Å². The van der Waals surface area contributed by atoms with E-state index in [1.54, 1.807) is 0 Å². The van der Waals surface area contributed by atoms with Crippen LogP contribution in [0.15, 0.2) is 48.6 Å². The topological polar surface area (TPSA) is 0 Å². The Kier molecular flexibility index (Phi) is 4.81. The lowest BCUT2D eigenvalue weighted by molar-refractivity contribution is 0.458. The third-order valence-electron chi connectivity index (χ3n) is 4.05. The second-order valence-corrected chi connectivity index (χ2v) is 5.29. The lowest BCUT2D eigenvalue weighted by Crippen LogP contribution is -2.08. The van der Waals surface area contributed by atoms with Gasteiger partial charge in [0.15, 0.2) is 0 Å². The van der Waals surface area contributed by atoms with Crippen LogP contribution in [-0.4, -0.2) is 0 Å². The van der Waals surface area contributed by atoms with E-state index in [9.17, 15) is 0 Å². The molecule has 0 heteroatoms. The third kappa shape index (κ3) is 3.35. The van der Waals surface area contributed by atoms with Gasteiger partial charge in [0.1, 0.15) is 0 Å². The van der Waals surface area contributed by atoms with E-state index in [2.05, 4.69) is 49.9 Å². The summed E-state index contributed by atoms with van der Waals surface area (Å²) in [7, 11) is 0. The molecule has 0 N–H and O–H groups in total. The Morgan fingerprint density at radius 3 is 2.72 bits per heavy atom. The quantitative estimate of drug-likeness (QED) is 0.599. The Morgan fingerprint density at radius 2 is 2.06 bits per heavy atom. The highest BCUT2D eigenvalue weighted by molar-refractivity contribution is 5.65. The molecule has 0 nitrogen and oxygen atoms in total. The van der Waals surface area contributed by atoms with Crippen LogP contribution in [0.3, 0.4) is 0 Å². The number of hydrogen-bond donors (Lipinski definition) is 0. The number of hydrogen-bond acceptors (Lipinski definition) is 0. The zero-order valence-corrected chi connectivity index (χ0v) is 11.5. The van der Waals surface area contributed by atoms with Gasteiger partial charge in [0.05, 0.1) is 0 Å². The molecule has 18 heavy (non-hydrogen) atoms. The molecule has 1 aromatic carbocycles. The summed E-state index contributed by atoms with van der Waals surface area (Å²) in [4.78, 5) is 0. The largest absolute Gasteiger partial charge is 0.0996 e. The van der Waals surface area contributed by atoms with Crippen LogP contribution >= 0.6 is 0 Å². The molecule has 96 valence electrons. The van der Waals surface area contributed by atoms with E-state index >= 15 is 0 Å². The summed E-state index contributed by atoms with van der Waals surface area (Å²) in [6.07, 6.45) is 10.0. The summed E-state index contributed by atoms with van der Waals surface area (Å²) < 4.78 is 0. The van der Waals surface area contributed by atoms with Crippen LogP contribution < -0.4 is 0 Å². The minimum atomic E-state index is 0.726. The third-order valence-corrected chi connectivity index (χ3v) is 4.05. The van der Waals surface area contributed by atoms with Crippen molar-refractivity contribution in [1.29, 1.82) is 0 Å². The van der Waals surface area contributed by atoms with Crippen LogP contribution in [0.1, 0.15) is 51.0 Å². The van der Waals surface area contributed by atoms with Crippen molar-refractivity contribution in [2.45, 2.75) is 45.4 Å². The van der Waals surface area contributed by atoms with Crippen molar-refractivity contribution >= 4 is 5.57 Å². The molecule has 1 fully saturated rings. The van der Waals surface area contributed by atoms with E-state index in [1.165, 1.54) is 48.8 Å². The van der Waals surface area contributed by atoms with Crippen LogP contribution in [-0.2, 0) is 0 Å². The second kappa shape index (κ2) is 6.58. The molecule has 0 amide bonds. The first kappa shape index (κ1) is 13.1. The van der Waals surface area contributed by atoms with E-state index in [0.717, 1.165) is 12.3 Å². The molecule has 0 saturated heterocycles. The average molecular weight is 240 g/mol. The molecule has 0 heterocycles. The van der Waals surface area contributed by atoms with Gasteiger partial charge < -0.3 is 0 Å². The van der Waals surface area contributed by atoms with Crippen LogP contribution in [0.2, 0.25) is 0 Å². The monoisotopic (exact) mass is 240 g/mol. The molecule has 0 aromatic heterocycles. The lowest BCUT2D eigenvalue weighted by Gasteiger charge is -2.23. The first-order chi connectivity index (χ1) is 8.81. The fourth-order valence-electron chi connectivity index (χ4n) is 2.84. The Hall–Kier alpha value is -1.30. The fourth-order valence-corrected chi connectivity index (χ4v) is 2.84. The van der Waals surface area contributed by atoms with Crippen molar-refractivity contribution in [3.05, 3.63) is 54.1 Å². The molecule has 0 aliphatic heterocycles. The van der Waals surface area contributed by atoms with Gasteiger partial charge in [-0.25, -0.2) is 0 Å². The van der Waals surface area contributed by atoms with Crippen molar-refractivity contribution in [3.63, 3.8) is 0 Å². The van der Waals surface area contributed by atoms with Gasteiger partial charge in [0.25, 0.3) is 0 Å². The predicted molar refractivity (Wildman–Crippen MR) is 80.4 cm³/mol. The van der Waals surface area contributed by atoms with E-state index in [0.29, 0.717) is 0 Å². The predicted octanol–water partition coefficient (Wildman–Crippen LogP) is 5.62. The maximum absolute atomic E-state index is 4.24. The molecule has 1 atom stereocenters. The zero-order valence-electron chi connectivity index (χ0n) is 11.5. The molecule has 0 bridgehead atoms. The second-order valence-electron chi connectivity index (χ2n) is 5.29.